The molecule has 0 aromatic heterocycles. The fraction of sp³-hybridized carbons (Fsp3) is 0.588. The molecule has 3 heteroatoms. The zero-order valence-electron chi connectivity index (χ0n) is 12.7. The van der Waals surface area contributed by atoms with Crippen LogP contribution in [0.25, 0.3) is 0 Å². The lowest BCUT2D eigenvalue weighted by Gasteiger charge is -2.31. The Hall–Kier alpha value is -1.35. The van der Waals surface area contributed by atoms with Crippen LogP contribution in [0.4, 0.5) is 0 Å². The van der Waals surface area contributed by atoms with E-state index in [4.69, 9.17) is 0 Å². The summed E-state index contributed by atoms with van der Waals surface area (Å²) in [4.78, 5) is 12.6. The van der Waals surface area contributed by atoms with Crippen molar-refractivity contribution in [1.29, 1.82) is 0 Å². The van der Waals surface area contributed by atoms with Crippen LogP contribution in [-0.2, 0) is 4.79 Å². The van der Waals surface area contributed by atoms with Crippen LogP contribution < -0.4 is 10.6 Å². The predicted molar refractivity (Wildman–Crippen MR) is 82.7 cm³/mol. The molecule has 1 aromatic carbocycles. The first-order chi connectivity index (χ1) is 9.58. The first-order valence-electron chi connectivity index (χ1n) is 7.66. The highest BCUT2D eigenvalue weighted by atomic mass is 16.2. The van der Waals surface area contributed by atoms with Crippen LogP contribution in [0.15, 0.2) is 30.3 Å². The topological polar surface area (TPSA) is 41.1 Å². The second kappa shape index (κ2) is 6.89. The number of hydrogen-bond acceptors (Lipinski definition) is 2. The summed E-state index contributed by atoms with van der Waals surface area (Å²) in [7, 11) is 0. The molecule has 1 fully saturated rings. The van der Waals surface area contributed by atoms with Gasteiger partial charge < -0.3 is 10.6 Å². The van der Waals surface area contributed by atoms with Crippen LogP contribution in [-0.4, -0.2) is 24.5 Å². The molecule has 0 radical (unpaired) electrons. The van der Waals surface area contributed by atoms with Crippen molar-refractivity contribution in [3.63, 3.8) is 0 Å². The summed E-state index contributed by atoms with van der Waals surface area (Å²) in [5, 5.41) is 6.67. The molecule has 1 aromatic rings. The average molecular weight is 274 g/mol. The van der Waals surface area contributed by atoms with Gasteiger partial charge in [-0.2, -0.15) is 0 Å². The van der Waals surface area contributed by atoms with E-state index in [0.717, 1.165) is 24.9 Å². The zero-order chi connectivity index (χ0) is 14.5. The third kappa shape index (κ3) is 3.83. The quantitative estimate of drug-likeness (QED) is 0.886. The molecule has 0 spiro atoms. The van der Waals surface area contributed by atoms with Crippen molar-refractivity contribution >= 4 is 5.91 Å². The van der Waals surface area contributed by atoms with Crippen molar-refractivity contribution in [2.24, 2.45) is 5.92 Å². The lowest BCUT2D eigenvalue weighted by Crippen LogP contribution is -2.48. The van der Waals surface area contributed by atoms with Gasteiger partial charge in [-0.25, -0.2) is 0 Å². The van der Waals surface area contributed by atoms with E-state index in [1.54, 1.807) is 0 Å². The van der Waals surface area contributed by atoms with Crippen molar-refractivity contribution in [2.45, 2.75) is 51.6 Å². The minimum absolute atomic E-state index is 0.0543. The molecule has 0 aliphatic carbocycles. The SMILES string of the molecule is CC1CC(NC(=O)C(c2ccccc2)C(C)C)CCN1. The highest BCUT2D eigenvalue weighted by molar-refractivity contribution is 5.84. The largest absolute Gasteiger partial charge is 0.353 e. The Morgan fingerprint density at radius 1 is 1.30 bits per heavy atom. The number of nitrogens with one attached hydrogen (secondary N) is 2. The fourth-order valence-electron chi connectivity index (χ4n) is 3.05. The zero-order valence-corrected chi connectivity index (χ0v) is 12.7. The normalized spacial score (nSPS) is 24.4. The first-order valence-corrected chi connectivity index (χ1v) is 7.66. The summed E-state index contributed by atoms with van der Waals surface area (Å²) in [5.41, 5.74) is 1.11. The lowest BCUT2D eigenvalue weighted by molar-refractivity contribution is -0.124. The van der Waals surface area contributed by atoms with Gasteiger partial charge in [0.1, 0.15) is 0 Å². The Morgan fingerprint density at radius 2 is 2.00 bits per heavy atom. The van der Waals surface area contributed by atoms with E-state index in [9.17, 15) is 4.79 Å². The number of carbonyl (C=O) groups is 1. The molecule has 1 amide bonds. The molecule has 2 rings (SSSR count). The third-order valence-corrected chi connectivity index (χ3v) is 4.08. The Kier molecular flexibility index (Phi) is 5.18. The maximum atomic E-state index is 12.6. The van der Waals surface area contributed by atoms with Crippen LogP contribution in [0.3, 0.4) is 0 Å². The molecule has 0 bridgehead atoms. The number of benzene rings is 1. The molecule has 2 N–H and O–H groups in total. The molecule has 20 heavy (non-hydrogen) atoms. The van der Waals surface area contributed by atoms with Gasteiger partial charge >= 0.3 is 0 Å². The van der Waals surface area contributed by atoms with Crippen LogP contribution in [0.1, 0.15) is 45.1 Å². The smallest absolute Gasteiger partial charge is 0.228 e. The molecule has 0 saturated carbocycles. The predicted octanol–water partition coefficient (Wildman–Crippen LogP) is 2.68. The molecular weight excluding hydrogens is 248 g/mol. The molecule has 1 heterocycles. The van der Waals surface area contributed by atoms with Gasteiger partial charge in [-0.05, 0) is 37.8 Å². The maximum Gasteiger partial charge on any atom is 0.228 e. The van der Waals surface area contributed by atoms with Gasteiger partial charge in [-0.1, -0.05) is 44.2 Å². The summed E-state index contributed by atoms with van der Waals surface area (Å²) in [6.07, 6.45) is 2.04. The van der Waals surface area contributed by atoms with Crippen molar-refractivity contribution in [1.82, 2.24) is 10.6 Å². The van der Waals surface area contributed by atoms with E-state index >= 15 is 0 Å². The molecule has 110 valence electrons. The second-order valence-electron chi connectivity index (χ2n) is 6.22. The number of hydrogen-bond donors (Lipinski definition) is 2. The third-order valence-electron chi connectivity index (χ3n) is 4.08. The van der Waals surface area contributed by atoms with E-state index in [1.807, 2.05) is 18.2 Å². The number of amides is 1. The number of carbonyl (C=O) groups excluding carboxylic acids is 1. The van der Waals surface area contributed by atoms with Crippen LogP contribution in [0.5, 0.6) is 0 Å². The maximum absolute atomic E-state index is 12.6. The molecule has 1 saturated heterocycles. The van der Waals surface area contributed by atoms with Crippen LogP contribution in [0.2, 0.25) is 0 Å². The minimum Gasteiger partial charge on any atom is -0.353 e. The monoisotopic (exact) mass is 274 g/mol. The average Bonchev–Trinajstić information content (AvgIpc) is 2.39. The first kappa shape index (κ1) is 15.0. The van der Waals surface area contributed by atoms with Crippen molar-refractivity contribution < 1.29 is 4.79 Å². The molecule has 3 nitrogen and oxygen atoms in total. The van der Waals surface area contributed by atoms with Gasteiger partial charge in [0.2, 0.25) is 5.91 Å². The summed E-state index contributed by atoms with van der Waals surface area (Å²) in [6, 6.07) is 10.9. The second-order valence-corrected chi connectivity index (χ2v) is 6.22. The highest BCUT2D eigenvalue weighted by Gasteiger charge is 2.27. The number of rotatable bonds is 4. The van der Waals surface area contributed by atoms with E-state index in [-0.39, 0.29) is 11.8 Å². The van der Waals surface area contributed by atoms with Gasteiger partial charge in [0.05, 0.1) is 5.92 Å². The van der Waals surface area contributed by atoms with Crippen molar-refractivity contribution in [3.8, 4) is 0 Å². The molecule has 3 unspecified atom stereocenters. The van der Waals surface area contributed by atoms with Crippen LogP contribution in [0, 0.1) is 5.92 Å². The fourth-order valence-corrected chi connectivity index (χ4v) is 3.05. The van der Waals surface area contributed by atoms with Crippen LogP contribution >= 0.6 is 0 Å². The Morgan fingerprint density at radius 3 is 2.60 bits per heavy atom. The van der Waals surface area contributed by atoms with Gasteiger partial charge in [0, 0.05) is 12.1 Å². The van der Waals surface area contributed by atoms with E-state index < -0.39 is 0 Å². The van der Waals surface area contributed by atoms with Gasteiger partial charge in [-0.3, -0.25) is 4.79 Å². The van der Waals surface area contributed by atoms with Gasteiger partial charge in [0.25, 0.3) is 0 Å². The molecule has 1 aliphatic heterocycles. The van der Waals surface area contributed by atoms with E-state index in [0.29, 0.717) is 18.0 Å². The molecular formula is C17H26N2O. The highest BCUT2D eigenvalue weighted by Crippen LogP contribution is 2.25. The van der Waals surface area contributed by atoms with E-state index in [2.05, 4.69) is 43.5 Å². The lowest BCUT2D eigenvalue weighted by atomic mass is 9.87. The Bertz CT molecular complexity index is 430. The molecule has 3 atom stereocenters. The van der Waals surface area contributed by atoms with Gasteiger partial charge in [0.15, 0.2) is 0 Å². The molecule has 1 aliphatic rings. The van der Waals surface area contributed by atoms with Crippen molar-refractivity contribution in [2.75, 3.05) is 6.54 Å². The Balaban J connectivity index is 2.04. The van der Waals surface area contributed by atoms with Gasteiger partial charge in [-0.15, -0.1) is 0 Å². The summed E-state index contributed by atoms with van der Waals surface area (Å²) >= 11 is 0. The van der Waals surface area contributed by atoms with E-state index in [1.165, 1.54) is 0 Å². The standard InChI is InChI=1S/C17H26N2O/c1-12(2)16(14-7-5-4-6-8-14)17(20)19-15-9-10-18-13(3)11-15/h4-8,12-13,15-16,18H,9-11H2,1-3H3,(H,19,20). The van der Waals surface area contributed by atoms with Crippen molar-refractivity contribution in [3.05, 3.63) is 35.9 Å². The Labute approximate surface area is 122 Å². The number of piperidine rings is 1. The minimum atomic E-state index is -0.0543. The summed E-state index contributed by atoms with van der Waals surface area (Å²) in [6.45, 7) is 7.39. The summed E-state index contributed by atoms with van der Waals surface area (Å²) in [5.74, 6) is 0.420. The summed E-state index contributed by atoms with van der Waals surface area (Å²) < 4.78 is 0.